The van der Waals surface area contributed by atoms with E-state index < -0.39 is 22.0 Å². The number of thiazole rings is 1. The number of piperazine rings is 1. The lowest BCUT2D eigenvalue weighted by Gasteiger charge is -2.40. The second-order valence-electron chi connectivity index (χ2n) is 8.99. The molecule has 38 heavy (non-hydrogen) atoms. The molecular formula is C26H25ClN4O5S2. The van der Waals surface area contributed by atoms with Crippen molar-refractivity contribution in [3.05, 3.63) is 64.4 Å². The maximum Gasteiger partial charge on any atom is 0.307 e. The average molecular weight is 573 g/mol. The van der Waals surface area contributed by atoms with E-state index in [2.05, 4.69) is 9.97 Å². The lowest BCUT2D eigenvalue weighted by Crippen LogP contribution is -2.57. The molecule has 12 heteroatoms. The summed E-state index contributed by atoms with van der Waals surface area (Å²) in [4.78, 5) is 36.4. The van der Waals surface area contributed by atoms with Crippen molar-refractivity contribution in [2.75, 3.05) is 26.2 Å². The Kier molecular flexibility index (Phi) is 7.36. The lowest BCUT2D eigenvalue weighted by atomic mass is 10.1. The summed E-state index contributed by atoms with van der Waals surface area (Å²) < 4.78 is 34.5. The molecule has 2 aromatic carbocycles. The second kappa shape index (κ2) is 10.6. The number of rotatable bonds is 6. The van der Waals surface area contributed by atoms with Crippen molar-refractivity contribution in [3.63, 3.8) is 0 Å². The number of hydrogen-bond donors (Lipinski definition) is 0. The molecule has 2 aromatic heterocycles. The van der Waals surface area contributed by atoms with Gasteiger partial charge >= 0.3 is 5.97 Å². The van der Waals surface area contributed by atoms with Crippen molar-refractivity contribution < 1.29 is 22.7 Å². The molecule has 1 amide bonds. The van der Waals surface area contributed by atoms with E-state index in [-0.39, 0.29) is 48.5 Å². The van der Waals surface area contributed by atoms with Crippen LogP contribution in [0.1, 0.15) is 28.8 Å². The van der Waals surface area contributed by atoms with Gasteiger partial charge in [0.1, 0.15) is 0 Å². The Morgan fingerprint density at radius 1 is 1.13 bits per heavy atom. The summed E-state index contributed by atoms with van der Waals surface area (Å²) in [5, 5.41) is 2.40. The molecule has 0 N–H and O–H groups in total. The third kappa shape index (κ3) is 5.24. The number of amides is 1. The van der Waals surface area contributed by atoms with Gasteiger partial charge in [0.2, 0.25) is 10.0 Å². The fourth-order valence-corrected chi connectivity index (χ4v) is 7.11. The van der Waals surface area contributed by atoms with Crippen LogP contribution in [0.2, 0.25) is 5.02 Å². The van der Waals surface area contributed by atoms with Crippen LogP contribution in [0, 0.1) is 6.92 Å². The predicted octanol–water partition coefficient (Wildman–Crippen LogP) is 4.27. The van der Waals surface area contributed by atoms with Gasteiger partial charge in [-0.1, -0.05) is 23.7 Å². The number of fused-ring (bicyclic) bond motifs is 2. The fourth-order valence-electron chi connectivity index (χ4n) is 4.55. The highest BCUT2D eigenvalue weighted by Crippen LogP contribution is 2.29. The number of sulfonamides is 1. The summed E-state index contributed by atoms with van der Waals surface area (Å²) in [5.41, 5.74) is 1.46. The summed E-state index contributed by atoms with van der Waals surface area (Å²) in [6.45, 7) is 3.88. The number of hydrogen-bond acceptors (Lipinski definition) is 8. The van der Waals surface area contributed by atoms with Crippen LogP contribution in [0.3, 0.4) is 0 Å². The van der Waals surface area contributed by atoms with Gasteiger partial charge in [0.25, 0.3) is 5.91 Å². The average Bonchev–Trinajstić information content (AvgIpc) is 3.31. The highest BCUT2D eigenvalue weighted by Gasteiger charge is 2.38. The van der Waals surface area contributed by atoms with E-state index in [1.165, 1.54) is 20.5 Å². The normalized spacial score (nSPS) is 16.7. The smallest absolute Gasteiger partial charge is 0.307 e. The second-order valence-corrected chi connectivity index (χ2v) is 12.4. The van der Waals surface area contributed by atoms with Gasteiger partial charge in [0, 0.05) is 36.5 Å². The van der Waals surface area contributed by atoms with Crippen LogP contribution in [0.25, 0.3) is 21.0 Å². The van der Waals surface area contributed by atoms with E-state index in [0.717, 1.165) is 21.2 Å². The Morgan fingerprint density at radius 3 is 2.68 bits per heavy atom. The number of ether oxygens (including phenoxy) is 1. The number of aryl methyl sites for hydroxylation is 1. The predicted molar refractivity (Wildman–Crippen MR) is 146 cm³/mol. The van der Waals surface area contributed by atoms with Crippen LogP contribution in [0.4, 0.5) is 0 Å². The van der Waals surface area contributed by atoms with Crippen molar-refractivity contribution >= 4 is 65.8 Å². The van der Waals surface area contributed by atoms with Crippen molar-refractivity contribution in [1.82, 2.24) is 19.2 Å². The largest absolute Gasteiger partial charge is 0.466 e. The number of aromatic nitrogens is 2. The molecule has 198 valence electrons. The Morgan fingerprint density at radius 2 is 1.89 bits per heavy atom. The van der Waals surface area contributed by atoms with Crippen LogP contribution in [-0.4, -0.2) is 71.8 Å². The number of pyridine rings is 1. The topological polar surface area (TPSA) is 110 Å². The first-order chi connectivity index (χ1) is 18.2. The standard InChI is InChI=1S/C26H25ClN4O5S2/c1-3-36-24(32)13-20-15-30(38(34,35)21-7-5-17-11-19(27)6-4-18(17)12-21)8-9-31(20)26(33)25-29-22-10-16(2)28-14-23(22)37-25/h4-7,10-12,14,20H,3,8-9,13,15H2,1-2H3. The zero-order valence-electron chi connectivity index (χ0n) is 20.8. The van der Waals surface area contributed by atoms with E-state index in [1.54, 1.807) is 55.6 Å². The maximum atomic E-state index is 13.6. The van der Waals surface area contributed by atoms with Crippen molar-refractivity contribution in [2.24, 2.45) is 0 Å². The molecule has 1 fully saturated rings. The van der Waals surface area contributed by atoms with Crippen molar-refractivity contribution in [2.45, 2.75) is 31.2 Å². The van der Waals surface area contributed by atoms with Crippen LogP contribution >= 0.6 is 22.9 Å². The van der Waals surface area contributed by atoms with Crippen LogP contribution in [0.15, 0.2) is 53.6 Å². The molecule has 1 aliphatic rings. The molecule has 1 unspecified atom stereocenters. The van der Waals surface area contributed by atoms with E-state index >= 15 is 0 Å². The number of nitrogens with zero attached hydrogens (tertiary/aromatic N) is 4. The van der Waals surface area contributed by atoms with Gasteiger partial charge in [-0.05, 0) is 55.0 Å². The molecule has 1 atom stereocenters. The van der Waals surface area contributed by atoms with Crippen molar-refractivity contribution in [1.29, 1.82) is 0 Å². The van der Waals surface area contributed by atoms with Gasteiger partial charge in [-0.15, -0.1) is 11.3 Å². The highest BCUT2D eigenvalue weighted by molar-refractivity contribution is 7.89. The van der Waals surface area contributed by atoms with Gasteiger partial charge in [-0.25, -0.2) is 13.4 Å². The van der Waals surface area contributed by atoms with Gasteiger partial charge in [0.15, 0.2) is 5.01 Å². The highest BCUT2D eigenvalue weighted by atomic mass is 35.5. The molecule has 4 aromatic rings. The molecule has 0 aliphatic carbocycles. The third-order valence-corrected chi connectivity index (χ3v) is 9.51. The summed E-state index contributed by atoms with van der Waals surface area (Å²) in [7, 11) is -3.89. The molecule has 5 rings (SSSR count). The molecule has 1 saturated heterocycles. The van der Waals surface area contributed by atoms with Gasteiger partial charge in [-0.2, -0.15) is 4.31 Å². The first-order valence-corrected chi connectivity index (χ1v) is 14.7. The zero-order valence-corrected chi connectivity index (χ0v) is 23.1. The van der Waals surface area contributed by atoms with Gasteiger partial charge in [-0.3, -0.25) is 14.6 Å². The number of benzene rings is 2. The maximum absolute atomic E-state index is 13.6. The van der Waals surface area contributed by atoms with E-state index in [1.807, 2.05) is 6.92 Å². The number of esters is 1. The lowest BCUT2D eigenvalue weighted by molar-refractivity contribution is -0.144. The summed E-state index contributed by atoms with van der Waals surface area (Å²) in [5.74, 6) is -0.848. The van der Waals surface area contributed by atoms with E-state index in [9.17, 15) is 18.0 Å². The molecule has 3 heterocycles. The molecular weight excluding hydrogens is 548 g/mol. The molecule has 0 bridgehead atoms. The molecule has 0 saturated carbocycles. The van der Waals surface area contributed by atoms with E-state index in [0.29, 0.717) is 10.5 Å². The summed E-state index contributed by atoms with van der Waals surface area (Å²) in [6, 6.07) is 11.2. The first-order valence-electron chi connectivity index (χ1n) is 12.0. The Balaban J connectivity index is 1.43. The van der Waals surface area contributed by atoms with Crippen LogP contribution in [0.5, 0.6) is 0 Å². The van der Waals surface area contributed by atoms with Gasteiger partial charge < -0.3 is 9.64 Å². The minimum atomic E-state index is -3.89. The Hall–Kier alpha value is -3.12. The minimum absolute atomic E-state index is 0.0445. The zero-order chi connectivity index (χ0) is 27.0. The monoisotopic (exact) mass is 572 g/mol. The molecule has 0 radical (unpaired) electrons. The van der Waals surface area contributed by atoms with Crippen LogP contribution < -0.4 is 0 Å². The Labute approximate surface area is 229 Å². The number of carbonyl (C=O) groups excluding carboxylic acids is 2. The summed E-state index contributed by atoms with van der Waals surface area (Å²) >= 11 is 7.28. The number of carbonyl (C=O) groups is 2. The first kappa shape index (κ1) is 26.5. The summed E-state index contributed by atoms with van der Waals surface area (Å²) in [6.07, 6.45) is 1.55. The fraction of sp³-hybridized carbons (Fsp3) is 0.308. The number of halogens is 1. The molecule has 0 spiro atoms. The quantitative estimate of drug-likeness (QED) is 0.317. The van der Waals surface area contributed by atoms with E-state index in [4.69, 9.17) is 16.3 Å². The molecule has 9 nitrogen and oxygen atoms in total. The van der Waals surface area contributed by atoms with Crippen molar-refractivity contribution in [3.8, 4) is 0 Å². The van der Waals surface area contributed by atoms with Gasteiger partial charge in [0.05, 0.1) is 34.2 Å². The third-order valence-electron chi connectivity index (χ3n) is 6.42. The minimum Gasteiger partial charge on any atom is -0.466 e. The Bertz CT molecular complexity index is 1660. The molecule has 1 aliphatic heterocycles. The SMILES string of the molecule is CCOC(=O)CC1CN(S(=O)(=O)c2ccc3cc(Cl)ccc3c2)CCN1C(=O)c1nc2cc(C)ncc2s1. The van der Waals surface area contributed by atoms with Crippen LogP contribution in [-0.2, 0) is 19.6 Å².